The van der Waals surface area contributed by atoms with Crippen molar-refractivity contribution in [1.29, 1.82) is 5.26 Å². The zero-order valence-electron chi connectivity index (χ0n) is 15.2. The highest BCUT2D eigenvalue weighted by molar-refractivity contribution is 5.94. The van der Waals surface area contributed by atoms with Gasteiger partial charge in [0.05, 0.1) is 17.7 Å². The number of nitrogens with one attached hydrogen (secondary N) is 1. The average molecular weight is 374 g/mol. The van der Waals surface area contributed by atoms with E-state index in [1.165, 1.54) is 0 Å². The lowest BCUT2D eigenvalue weighted by Gasteiger charge is -2.15. The highest BCUT2D eigenvalue weighted by Gasteiger charge is 2.28. The number of anilines is 1. The van der Waals surface area contributed by atoms with Gasteiger partial charge >= 0.3 is 0 Å². The summed E-state index contributed by atoms with van der Waals surface area (Å²) in [6.07, 6.45) is 1.46. The number of rotatable bonds is 6. The Morgan fingerprint density at radius 2 is 2.07 bits per heavy atom. The van der Waals surface area contributed by atoms with Crippen molar-refractivity contribution in [2.75, 3.05) is 5.32 Å². The minimum Gasteiger partial charge on any atom is -0.481 e. The molecule has 0 radical (unpaired) electrons. The summed E-state index contributed by atoms with van der Waals surface area (Å²) in [5.74, 6) is 0.947. The second-order valence-electron chi connectivity index (χ2n) is 6.64. The number of benzene rings is 2. The standard InChI is InChI=1S/C20H18N6O2/c1-13(28-18-9-5-14(12-21)6-10-18)20(27)22-16-4-2-3-15(11-16)19-23-24-25-26(19)17-7-8-17/h2-6,9-11,13,17H,7-8H2,1H3,(H,22,27). The molecule has 28 heavy (non-hydrogen) atoms. The molecular weight excluding hydrogens is 356 g/mol. The van der Waals surface area contributed by atoms with Crippen LogP contribution in [0.15, 0.2) is 48.5 Å². The summed E-state index contributed by atoms with van der Waals surface area (Å²) in [5.41, 5.74) is 2.02. The third kappa shape index (κ3) is 3.83. The molecule has 1 fully saturated rings. The molecule has 1 aromatic heterocycles. The predicted molar refractivity (Wildman–Crippen MR) is 101 cm³/mol. The van der Waals surface area contributed by atoms with Crippen LogP contribution in [0.5, 0.6) is 5.75 Å². The Labute approximate surface area is 161 Å². The second-order valence-corrected chi connectivity index (χ2v) is 6.64. The van der Waals surface area contributed by atoms with E-state index in [2.05, 4.69) is 20.8 Å². The van der Waals surface area contributed by atoms with Crippen molar-refractivity contribution in [3.05, 3.63) is 54.1 Å². The van der Waals surface area contributed by atoms with Crippen LogP contribution >= 0.6 is 0 Å². The van der Waals surface area contributed by atoms with Gasteiger partial charge in [-0.05, 0) is 66.6 Å². The summed E-state index contributed by atoms with van der Waals surface area (Å²) in [5, 5.41) is 23.6. The van der Waals surface area contributed by atoms with Gasteiger partial charge in [-0.15, -0.1) is 5.10 Å². The van der Waals surface area contributed by atoms with Gasteiger partial charge in [0.25, 0.3) is 5.91 Å². The molecule has 8 nitrogen and oxygen atoms in total. The number of carbonyl (C=O) groups excluding carboxylic acids is 1. The number of aromatic nitrogens is 4. The van der Waals surface area contributed by atoms with Gasteiger partial charge in [0, 0.05) is 11.3 Å². The van der Waals surface area contributed by atoms with Crippen LogP contribution in [0.1, 0.15) is 31.4 Å². The van der Waals surface area contributed by atoms with Gasteiger partial charge in [-0.2, -0.15) is 5.26 Å². The maximum atomic E-state index is 12.5. The Morgan fingerprint density at radius 3 is 2.79 bits per heavy atom. The molecule has 0 aliphatic heterocycles. The van der Waals surface area contributed by atoms with Crippen LogP contribution in [0, 0.1) is 11.3 Å². The molecule has 2 aromatic carbocycles. The van der Waals surface area contributed by atoms with E-state index in [0.717, 1.165) is 18.4 Å². The van der Waals surface area contributed by atoms with Crippen molar-refractivity contribution in [2.24, 2.45) is 0 Å². The van der Waals surface area contributed by atoms with Crippen molar-refractivity contribution >= 4 is 11.6 Å². The van der Waals surface area contributed by atoms with Crippen molar-refractivity contribution in [1.82, 2.24) is 20.2 Å². The Morgan fingerprint density at radius 1 is 1.29 bits per heavy atom. The van der Waals surface area contributed by atoms with Crippen molar-refractivity contribution in [3.8, 4) is 23.2 Å². The van der Waals surface area contributed by atoms with Crippen LogP contribution in [-0.4, -0.2) is 32.2 Å². The summed E-state index contributed by atoms with van der Waals surface area (Å²) in [7, 11) is 0. The molecule has 3 aromatic rings. The molecular formula is C20H18N6O2. The van der Waals surface area contributed by atoms with Crippen LogP contribution in [0.4, 0.5) is 5.69 Å². The maximum Gasteiger partial charge on any atom is 0.265 e. The smallest absolute Gasteiger partial charge is 0.265 e. The molecule has 140 valence electrons. The van der Waals surface area contributed by atoms with Crippen molar-refractivity contribution < 1.29 is 9.53 Å². The largest absolute Gasteiger partial charge is 0.481 e. The monoisotopic (exact) mass is 374 g/mol. The molecule has 4 rings (SSSR count). The van der Waals surface area contributed by atoms with Crippen LogP contribution in [0.25, 0.3) is 11.4 Å². The first-order valence-corrected chi connectivity index (χ1v) is 9.00. The molecule has 1 atom stereocenters. The van der Waals surface area contributed by atoms with Crippen LogP contribution in [-0.2, 0) is 4.79 Å². The number of nitrogens with zero attached hydrogens (tertiary/aromatic N) is 5. The molecule has 1 aliphatic carbocycles. The van der Waals surface area contributed by atoms with E-state index < -0.39 is 6.10 Å². The van der Waals surface area contributed by atoms with Crippen molar-refractivity contribution in [3.63, 3.8) is 0 Å². The maximum absolute atomic E-state index is 12.5. The van der Waals surface area contributed by atoms with E-state index in [0.29, 0.717) is 28.9 Å². The number of ether oxygens (including phenoxy) is 1. The van der Waals surface area contributed by atoms with E-state index in [1.807, 2.05) is 29.0 Å². The molecule has 1 amide bonds. The quantitative estimate of drug-likeness (QED) is 0.711. The molecule has 8 heteroatoms. The third-order valence-electron chi connectivity index (χ3n) is 4.44. The minimum absolute atomic E-state index is 0.275. The van der Waals surface area contributed by atoms with Crippen LogP contribution in [0.3, 0.4) is 0 Å². The molecule has 0 spiro atoms. The van der Waals surface area contributed by atoms with E-state index in [4.69, 9.17) is 10.00 Å². The summed E-state index contributed by atoms with van der Waals surface area (Å²) < 4.78 is 7.48. The second kappa shape index (κ2) is 7.48. The molecule has 0 saturated heterocycles. The fourth-order valence-corrected chi connectivity index (χ4v) is 2.79. The molecule has 1 aliphatic rings. The first kappa shape index (κ1) is 17.7. The van der Waals surface area contributed by atoms with Gasteiger partial charge < -0.3 is 10.1 Å². The molecule has 1 unspecified atom stereocenters. The van der Waals surface area contributed by atoms with Gasteiger partial charge in [0.1, 0.15) is 5.75 Å². The zero-order valence-corrected chi connectivity index (χ0v) is 15.2. The average Bonchev–Trinajstić information content (AvgIpc) is 3.45. The lowest BCUT2D eigenvalue weighted by atomic mass is 10.2. The number of amides is 1. The highest BCUT2D eigenvalue weighted by atomic mass is 16.5. The number of hydrogen-bond acceptors (Lipinski definition) is 6. The molecule has 1 N–H and O–H groups in total. The number of tetrazole rings is 1. The Kier molecular flexibility index (Phi) is 4.72. The van der Waals surface area contributed by atoms with Gasteiger partial charge in [0.2, 0.25) is 0 Å². The first-order valence-electron chi connectivity index (χ1n) is 9.00. The topological polar surface area (TPSA) is 106 Å². The Bertz CT molecular complexity index is 1030. The van der Waals surface area contributed by atoms with Gasteiger partial charge in [-0.1, -0.05) is 12.1 Å². The van der Waals surface area contributed by atoms with E-state index in [-0.39, 0.29) is 5.91 Å². The molecule has 1 saturated carbocycles. The Balaban J connectivity index is 1.44. The SMILES string of the molecule is CC(Oc1ccc(C#N)cc1)C(=O)Nc1cccc(-c2nnnn2C2CC2)c1. The van der Waals surface area contributed by atoms with Crippen LogP contribution < -0.4 is 10.1 Å². The van der Waals surface area contributed by atoms with E-state index in [1.54, 1.807) is 37.3 Å². The summed E-state index contributed by atoms with van der Waals surface area (Å²) in [4.78, 5) is 12.5. The van der Waals surface area contributed by atoms with Crippen molar-refractivity contribution in [2.45, 2.75) is 31.9 Å². The number of hydrogen-bond donors (Lipinski definition) is 1. The van der Waals surface area contributed by atoms with Gasteiger partial charge in [0.15, 0.2) is 11.9 Å². The lowest BCUT2D eigenvalue weighted by molar-refractivity contribution is -0.122. The van der Waals surface area contributed by atoms with E-state index >= 15 is 0 Å². The lowest BCUT2D eigenvalue weighted by Crippen LogP contribution is -2.30. The Hall–Kier alpha value is -3.73. The van der Waals surface area contributed by atoms with Crippen LogP contribution in [0.2, 0.25) is 0 Å². The zero-order chi connectivity index (χ0) is 19.5. The summed E-state index contributed by atoms with van der Waals surface area (Å²) in [6, 6.07) is 16.5. The fourth-order valence-electron chi connectivity index (χ4n) is 2.79. The predicted octanol–water partition coefficient (Wildman–Crippen LogP) is 2.95. The molecule has 1 heterocycles. The highest BCUT2D eigenvalue weighted by Crippen LogP contribution is 2.36. The first-order chi connectivity index (χ1) is 13.6. The number of carbonyl (C=O) groups is 1. The third-order valence-corrected chi connectivity index (χ3v) is 4.44. The van der Waals surface area contributed by atoms with E-state index in [9.17, 15) is 4.79 Å². The minimum atomic E-state index is -0.701. The normalized spacial score (nSPS) is 14.1. The van der Waals surface area contributed by atoms with Gasteiger partial charge in [-0.3, -0.25) is 4.79 Å². The molecule has 0 bridgehead atoms. The van der Waals surface area contributed by atoms with Gasteiger partial charge in [-0.25, -0.2) is 4.68 Å². The fraction of sp³-hybridized carbons (Fsp3) is 0.250. The summed E-state index contributed by atoms with van der Waals surface area (Å²) >= 11 is 0. The number of nitriles is 1. The summed E-state index contributed by atoms with van der Waals surface area (Å²) in [6.45, 7) is 1.67.